The van der Waals surface area contributed by atoms with Crippen molar-refractivity contribution in [3.63, 3.8) is 0 Å². The summed E-state index contributed by atoms with van der Waals surface area (Å²) in [5, 5.41) is 0.871. The first kappa shape index (κ1) is 23.9. The normalized spacial score (nSPS) is 12.3. The van der Waals surface area contributed by atoms with Crippen LogP contribution in [-0.4, -0.2) is 0 Å². The molecular weight excluding hydrogens is 320 g/mol. The Bertz CT molecular complexity index is 536. The van der Waals surface area contributed by atoms with Gasteiger partial charge in [-0.15, -0.1) is 24.6 Å². The van der Waals surface area contributed by atoms with Crippen molar-refractivity contribution in [1.82, 2.24) is 0 Å². The number of rotatable bonds is 2. The van der Waals surface area contributed by atoms with Crippen LogP contribution in [0.3, 0.4) is 0 Å². The number of thioether (sulfide) groups is 1. The van der Waals surface area contributed by atoms with Gasteiger partial charge in [0.1, 0.15) is 0 Å². The summed E-state index contributed by atoms with van der Waals surface area (Å²) >= 11 is 8.12. The summed E-state index contributed by atoms with van der Waals surface area (Å²) in [4.78, 5) is 1.26. The first-order chi connectivity index (χ1) is 11.3. The van der Waals surface area contributed by atoms with Gasteiger partial charge in [-0.3, -0.25) is 0 Å². The molecule has 0 fully saturated rings. The van der Waals surface area contributed by atoms with Crippen molar-refractivity contribution in [2.24, 2.45) is 0 Å². The van der Waals surface area contributed by atoms with E-state index < -0.39 is 0 Å². The van der Waals surface area contributed by atoms with Gasteiger partial charge in [0, 0.05) is 22.1 Å². The highest BCUT2D eigenvalue weighted by Gasteiger charge is 2.15. The van der Waals surface area contributed by atoms with Crippen molar-refractivity contribution >= 4 is 23.4 Å². The lowest BCUT2D eigenvalue weighted by molar-refractivity contribution is 1.16. The van der Waals surface area contributed by atoms with Crippen LogP contribution < -0.4 is 0 Å². The molecule has 0 N–H and O–H groups in total. The van der Waals surface area contributed by atoms with Crippen molar-refractivity contribution in [1.29, 1.82) is 0 Å². The molecule has 2 rings (SSSR count). The van der Waals surface area contributed by atoms with Gasteiger partial charge in [0.25, 0.3) is 0 Å². The molecule has 0 saturated carbocycles. The van der Waals surface area contributed by atoms with Crippen molar-refractivity contribution < 1.29 is 0 Å². The number of fused-ring (bicyclic) bond motifs is 1. The van der Waals surface area contributed by atoms with Gasteiger partial charge in [-0.25, -0.2) is 0 Å². The maximum Gasteiger partial charge on any atom is 0.0444 e. The number of hydrogen-bond acceptors (Lipinski definition) is 1. The van der Waals surface area contributed by atoms with E-state index in [0.717, 1.165) is 17.2 Å². The minimum Gasteiger partial charge on any atom is -0.124 e. The summed E-state index contributed by atoms with van der Waals surface area (Å²) in [5.41, 5.74) is 3.90. The molecule has 0 amide bonds. The number of halogens is 1. The molecule has 1 aliphatic heterocycles. The molecule has 0 spiro atoms. The molecule has 0 aliphatic carbocycles. The van der Waals surface area contributed by atoms with E-state index in [-0.39, 0.29) is 0 Å². The lowest BCUT2D eigenvalue weighted by atomic mass is 10.00. The third-order valence-corrected chi connectivity index (χ3v) is 4.39. The van der Waals surface area contributed by atoms with Gasteiger partial charge >= 0.3 is 0 Å². The quantitative estimate of drug-likeness (QED) is 0.500. The highest BCUT2D eigenvalue weighted by atomic mass is 35.5. The van der Waals surface area contributed by atoms with Crippen LogP contribution in [0.25, 0.3) is 0 Å². The van der Waals surface area contributed by atoms with E-state index >= 15 is 0 Å². The van der Waals surface area contributed by atoms with E-state index in [9.17, 15) is 0 Å². The molecule has 23 heavy (non-hydrogen) atoms. The van der Waals surface area contributed by atoms with Gasteiger partial charge in [0.05, 0.1) is 0 Å². The molecule has 1 aromatic rings. The minimum atomic E-state index is 0.871. The maximum absolute atomic E-state index is 6.29. The Labute approximate surface area is 152 Å². The first-order valence-electron chi connectivity index (χ1n) is 7.97. The number of hydrogen-bond donors (Lipinski definition) is 0. The van der Waals surface area contributed by atoms with E-state index in [1.54, 1.807) is 0 Å². The van der Waals surface area contributed by atoms with Crippen molar-refractivity contribution in [3.05, 3.63) is 69.6 Å². The highest BCUT2D eigenvalue weighted by Crippen LogP contribution is 2.36. The summed E-state index contributed by atoms with van der Waals surface area (Å²) < 4.78 is 0. The predicted octanol–water partition coefficient (Wildman–Crippen LogP) is 7.45. The molecule has 1 aromatic carbocycles. The van der Waals surface area contributed by atoms with Crippen LogP contribution in [0.1, 0.15) is 45.7 Å². The van der Waals surface area contributed by atoms with Crippen LogP contribution in [0.2, 0.25) is 5.02 Å². The van der Waals surface area contributed by atoms with Crippen LogP contribution in [0.4, 0.5) is 0 Å². The van der Waals surface area contributed by atoms with Crippen LogP contribution in [-0.2, 0) is 12.2 Å². The average molecular weight is 349 g/mol. The second-order valence-electron chi connectivity index (χ2n) is 3.94. The Morgan fingerprint density at radius 2 is 1.78 bits per heavy atom. The molecule has 126 valence electrons. The highest BCUT2D eigenvalue weighted by molar-refractivity contribution is 8.02. The Kier molecular flexibility index (Phi) is 16.1. The van der Waals surface area contributed by atoms with Gasteiger partial charge in [-0.1, -0.05) is 76.2 Å². The van der Waals surface area contributed by atoms with Gasteiger partial charge in [0.15, 0.2) is 0 Å². The molecule has 0 unspecified atom stereocenters. The summed E-state index contributed by atoms with van der Waals surface area (Å²) in [5.74, 6) is 0.971. The zero-order valence-electron chi connectivity index (χ0n) is 15.0. The number of terminal acetylenes is 1. The predicted molar refractivity (Wildman–Crippen MR) is 111 cm³/mol. The van der Waals surface area contributed by atoms with E-state index in [1.807, 2.05) is 64.6 Å². The van der Waals surface area contributed by atoms with E-state index in [2.05, 4.69) is 37.6 Å². The number of allylic oxidation sites excluding steroid dienone is 4. The topological polar surface area (TPSA) is 0 Å². The largest absolute Gasteiger partial charge is 0.124 e. The number of benzene rings is 1. The standard InChI is InChI=1S/C15H15ClS.2C2H6.C2H2/c1-3-6-11-9-13-12(7-5-8-14(13)16)10-17-15(11)4-2;3*1-2/h3-8H,2,9-10H2,1H3;2*1-2H3;1-2H/b6-3-;;;. The molecule has 0 saturated heterocycles. The Morgan fingerprint density at radius 3 is 2.30 bits per heavy atom. The maximum atomic E-state index is 6.29. The molecule has 0 atom stereocenters. The minimum absolute atomic E-state index is 0.871. The molecule has 0 nitrogen and oxygen atoms in total. The van der Waals surface area contributed by atoms with Crippen LogP contribution in [0.15, 0.2) is 53.5 Å². The lowest BCUT2D eigenvalue weighted by Gasteiger charge is -2.07. The lowest BCUT2D eigenvalue weighted by Crippen LogP contribution is -1.93. The zero-order chi connectivity index (χ0) is 18.3. The van der Waals surface area contributed by atoms with Gasteiger partial charge in [-0.05, 0) is 29.7 Å². The van der Waals surface area contributed by atoms with E-state index in [1.165, 1.54) is 21.6 Å². The smallest absolute Gasteiger partial charge is 0.0444 e. The third kappa shape index (κ3) is 7.64. The zero-order valence-corrected chi connectivity index (χ0v) is 16.6. The van der Waals surface area contributed by atoms with Crippen LogP contribution in [0, 0.1) is 12.8 Å². The Morgan fingerprint density at radius 1 is 1.17 bits per heavy atom. The molecule has 0 aromatic heterocycles. The van der Waals surface area contributed by atoms with E-state index in [4.69, 9.17) is 11.6 Å². The van der Waals surface area contributed by atoms with Gasteiger partial charge in [-0.2, -0.15) is 0 Å². The second kappa shape index (κ2) is 15.5. The monoisotopic (exact) mass is 348 g/mol. The summed E-state index contributed by atoms with van der Waals surface area (Å²) in [6.07, 6.45) is 15.1. The summed E-state index contributed by atoms with van der Waals surface area (Å²) in [7, 11) is 0. The third-order valence-electron chi connectivity index (χ3n) is 2.84. The van der Waals surface area contributed by atoms with Crippen molar-refractivity contribution in [3.8, 4) is 12.8 Å². The molecule has 1 aliphatic rings. The van der Waals surface area contributed by atoms with E-state index in [0.29, 0.717) is 0 Å². The fourth-order valence-electron chi connectivity index (χ4n) is 1.99. The fraction of sp³-hybridized carbons (Fsp3) is 0.333. The Hall–Kier alpha value is -1.36. The molecule has 1 heterocycles. The van der Waals surface area contributed by atoms with Crippen molar-refractivity contribution in [2.75, 3.05) is 0 Å². The average Bonchev–Trinajstić information content (AvgIpc) is 2.81. The molecular formula is C21H29ClS. The van der Waals surface area contributed by atoms with Crippen molar-refractivity contribution in [2.45, 2.75) is 46.8 Å². The van der Waals surface area contributed by atoms with Gasteiger partial charge in [0.2, 0.25) is 0 Å². The SMILES string of the molecule is C#C.C=CC1=C(/C=C\C)Cc2c(Cl)cccc2CS1.CC.CC. The molecule has 0 radical (unpaired) electrons. The van der Waals surface area contributed by atoms with Crippen LogP contribution >= 0.6 is 23.4 Å². The summed E-state index contributed by atoms with van der Waals surface area (Å²) in [6, 6.07) is 6.15. The Balaban J connectivity index is 0. The summed E-state index contributed by atoms with van der Waals surface area (Å²) in [6.45, 7) is 13.9. The second-order valence-corrected chi connectivity index (χ2v) is 5.36. The molecule has 2 heteroatoms. The van der Waals surface area contributed by atoms with Gasteiger partial charge < -0.3 is 0 Å². The fourth-order valence-corrected chi connectivity index (χ4v) is 3.28. The molecule has 0 bridgehead atoms. The first-order valence-corrected chi connectivity index (χ1v) is 9.33. The van der Waals surface area contributed by atoms with Crippen LogP contribution in [0.5, 0.6) is 0 Å².